The molecular formula is C19H15ClN2O4. The molecule has 2 aromatic carbocycles. The van der Waals surface area contributed by atoms with Crippen molar-refractivity contribution in [3.05, 3.63) is 59.1 Å². The Labute approximate surface area is 155 Å². The lowest BCUT2D eigenvalue weighted by Gasteiger charge is -2.12. The van der Waals surface area contributed by atoms with Crippen LogP contribution in [0.1, 0.15) is 10.4 Å². The molecule has 0 atom stereocenters. The van der Waals surface area contributed by atoms with Crippen LogP contribution in [0.2, 0.25) is 5.02 Å². The fraction of sp³-hybridized carbons (Fsp3) is 0.105. The van der Waals surface area contributed by atoms with Crippen molar-refractivity contribution in [2.75, 3.05) is 14.2 Å². The third-order valence-corrected chi connectivity index (χ3v) is 3.96. The summed E-state index contributed by atoms with van der Waals surface area (Å²) in [6, 6.07) is 14.0. The Bertz CT molecular complexity index is 924. The smallest absolute Gasteiger partial charge is 0.328 e. The minimum Gasteiger partial charge on any atom is -0.481 e. The third-order valence-electron chi connectivity index (χ3n) is 3.63. The van der Waals surface area contributed by atoms with Crippen molar-refractivity contribution in [2.45, 2.75) is 0 Å². The van der Waals surface area contributed by atoms with E-state index >= 15 is 0 Å². The number of rotatable bonds is 6. The Balaban J connectivity index is 2.06. The number of methoxy groups -OCH3 is 2. The summed E-state index contributed by atoms with van der Waals surface area (Å²) in [6.07, 6.45) is 0.714. The Morgan fingerprint density at radius 2 is 1.58 bits per heavy atom. The lowest BCUT2D eigenvalue weighted by atomic mass is 9.99. The van der Waals surface area contributed by atoms with Gasteiger partial charge in [0.1, 0.15) is 5.75 Å². The van der Waals surface area contributed by atoms with E-state index in [1.54, 1.807) is 24.3 Å². The summed E-state index contributed by atoms with van der Waals surface area (Å²) in [7, 11) is 2.95. The summed E-state index contributed by atoms with van der Waals surface area (Å²) < 4.78 is 15.9. The van der Waals surface area contributed by atoms with Crippen molar-refractivity contribution < 1.29 is 19.0 Å². The Hall–Kier alpha value is -3.12. The molecule has 0 bridgehead atoms. The second-order valence-electron chi connectivity index (χ2n) is 5.15. The van der Waals surface area contributed by atoms with E-state index in [9.17, 15) is 4.79 Å². The number of benzene rings is 2. The van der Waals surface area contributed by atoms with Gasteiger partial charge in [-0.3, -0.25) is 4.79 Å². The van der Waals surface area contributed by atoms with E-state index in [-0.39, 0.29) is 17.8 Å². The molecular weight excluding hydrogens is 356 g/mol. The average Bonchev–Trinajstić information content (AvgIpc) is 2.68. The maximum atomic E-state index is 11.8. The molecule has 7 heteroatoms. The highest BCUT2D eigenvalue weighted by atomic mass is 35.5. The lowest BCUT2D eigenvalue weighted by molar-refractivity contribution is 0.112. The van der Waals surface area contributed by atoms with Crippen molar-refractivity contribution >= 4 is 17.9 Å². The van der Waals surface area contributed by atoms with Crippen molar-refractivity contribution in [3.63, 3.8) is 0 Å². The molecule has 0 amide bonds. The maximum absolute atomic E-state index is 11.8. The molecule has 0 spiro atoms. The molecule has 0 N–H and O–H groups in total. The molecule has 0 aliphatic carbocycles. The molecule has 0 aliphatic heterocycles. The second-order valence-corrected chi connectivity index (χ2v) is 5.56. The first-order valence-corrected chi connectivity index (χ1v) is 8.02. The molecule has 0 radical (unpaired) electrons. The summed E-state index contributed by atoms with van der Waals surface area (Å²) in [6.45, 7) is 0. The third kappa shape index (κ3) is 3.60. The van der Waals surface area contributed by atoms with Gasteiger partial charge in [0.25, 0.3) is 0 Å². The minimum atomic E-state index is 0.000564. The van der Waals surface area contributed by atoms with E-state index in [0.29, 0.717) is 28.2 Å². The van der Waals surface area contributed by atoms with Gasteiger partial charge in [-0.15, -0.1) is 0 Å². The minimum absolute atomic E-state index is 0.000564. The molecule has 0 fully saturated rings. The zero-order valence-electron chi connectivity index (χ0n) is 14.1. The number of halogens is 1. The van der Waals surface area contributed by atoms with Crippen LogP contribution in [-0.2, 0) is 0 Å². The average molecular weight is 371 g/mol. The van der Waals surface area contributed by atoms with Gasteiger partial charge in [-0.2, -0.15) is 9.97 Å². The van der Waals surface area contributed by atoms with Gasteiger partial charge in [-0.25, -0.2) is 0 Å². The monoisotopic (exact) mass is 370 g/mol. The maximum Gasteiger partial charge on any atom is 0.328 e. The van der Waals surface area contributed by atoms with Crippen LogP contribution in [0.3, 0.4) is 0 Å². The zero-order chi connectivity index (χ0) is 18.5. The predicted molar refractivity (Wildman–Crippen MR) is 97.5 cm³/mol. The van der Waals surface area contributed by atoms with Gasteiger partial charge in [-0.05, 0) is 17.7 Å². The van der Waals surface area contributed by atoms with Crippen molar-refractivity contribution in [2.24, 2.45) is 0 Å². The van der Waals surface area contributed by atoms with Crippen LogP contribution in [0.5, 0.6) is 23.5 Å². The number of ether oxygens (including phenoxy) is 3. The molecule has 3 aromatic rings. The van der Waals surface area contributed by atoms with Gasteiger partial charge in [0.15, 0.2) is 6.29 Å². The standard InChI is InChI=1S/C19H15ClN2O4/c1-24-17-10-18(25-2)22-19(21-17)26-16-9-5-7-12(14(16)11-23)13-6-3-4-8-15(13)20/h3-11H,1-2H3. The molecule has 0 aliphatic rings. The van der Waals surface area contributed by atoms with Crippen molar-refractivity contribution in [3.8, 4) is 34.6 Å². The van der Waals surface area contributed by atoms with Crippen molar-refractivity contribution in [1.29, 1.82) is 0 Å². The number of carbonyl (C=O) groups is 1. The van der Waals surface area contributed by atoms with Crippen LogP contribution in [0.25, 0.3) is 11.1 Å². The van der Waals surface area contributed by atoms with E-state index in [4.69, 9.17) is 25.8 Å². The highest BCUT2D eigenvalue weighted by Crippen LogP contribution is 2.35. The summed E-state index contributed by atoms with van der Waals surface area (Å²) in [5.41, 5.74) is 1.72. The number of aromatic nitrogens is 2. The van der Waals surface area contributed by atoms with Crippen LogP contribution in [0, 0.1) is 0 Å². The predicted octanol–water partition coefficient (Wildman–Crippen LogP) is 4.42. The Morgan fingerprint density at radius 3 is 2.19 bits per heavy atom. The molecule has 0 unspecified atom stereocenters. The van der Waals surface area contributed by atoms with E-state index < -0.39 is 0 Å². The number of carbonyl (C=O) groups excluding carboxylic acids is 1. The molecule has 1 heterocycles. The van der Waals surface area contributed by atoms with Gasteiger partial charge < -0.3 is 14.2 Å². The number of hydrogen-bond donors (Lipinski definition) is 0. The van der Waals surface area contributed by atoms with E-state index in [1.165, 1.54) is 20.3 Å². The highest BCUT2D eigenvalue weighted by Gasteiger charge is 2.15. The van der Waals surface area contributed by atoms with Gasteiger partial charge in [-0.1, -0.05) is 41.9 Å². The molecule has 132 valence electrons. The Kier molecular flexibility index (Phi) is 5.34. The van der Waals surface area contributed by atoms with Gasteiger partial charge in [0, 0.05) is 10.6 Å². The lowest BCUT2D eigenvalue weighted by Crippen LogP contribution is -2.00. The number of nitrogens with zero attached hydrogens (tertiary/aromatic N) is 2. The first-order valence-electron chi connectivity index (χ1n) is 7.64. The molecule has 6 nitrogen and oxygen atoms in total. The SMILES string of the molecule is COc1cc(OC)nc(Oc2cccc(-c3ccccc3Cl)c2C=O)n1. The summed E-state index contributed by atoms with van der Waals surface area (Å²) >= 11 is 6.26. The van der Waals surface area contributed by atoms with Crippen molar-refractivity contribution in [1.82, 2.24) is 9.97 Å². The second kappa shape index (κ2) is 7.84. The highest BCUT2D eigenvalue weighted by molar-refractivity contribution is 6.33. The fourth-order valence-corrected chi connectivity index (χ4v) is 2.64. The van der Waals surface area contributed by atoms with Gasteiger partial charge >= 0.3 is 6.01 Å². The normalized spacial score (nSPS) is 10.3. The van der Waals surface area contributed by atoms with E-state index in [0.717, 1.165) is 5.56 Å². The molecule has 26 heavy (non-hydrogen) atoms. The van der Waals surface area contributed by atoms with E-state index in [1.807, 2.05) is 18.2 Å². The summed E-state index contributed by atoms with van der Waals surface area (Å²) in [4.78, 5) is 20.0. The molecule has 1 aromatic heterocycles. The topological polar surface area (TPSA) is 70.5 Å². The first kappa shape index (κ1) is 17.7. The largest absolute Gasteiger partial charge is 0.481 e. The van der Waals surface area contributed by atoms with Crippen LogP contribution in [0.4, 0.5) is 0 Å². The fourth-order valence-electron chi connectivity index (χ4n) is 2.41. The molecule has 0 saturated heterocycles. The summed E-state index contributed by atoms with van der Waals surface area (Å²) in [5.74, 6) is 0.858. The number of aldehydes is 1. The summed E-state index contributed by atoms with van der Waals surface area (Å²) in [5, 5.41) is 0.534. The number of hydrogen-bond acceptors (Lipinski definition) is 6. The van der Waals surface area contributed by atoms with Gasteiger partial charge in [0.05, 0.1) is 25.8 Å². The molecule has 0 saturated carbocycles. The molecule has 3 rings (SSSR count). The van der Waals surface area contributed by atoms with Crippen LogP contribution < -0.4 is 14.2 Å². The van der Waals surface area contributed by atoms with Crippen LogP contribution >= 0.6 is 11.6 Å². The zero-order valence-corrected chi connectivity index (χ0v) is 14.9. The van der Waals surface area contributed by atoms with E-state index in [2.05, 4.69) is 9.97 Å². The quantitative estimate of drug-likeness (QED) is 0.598. The van der Waals surface area contributed by atoms with Crippen LogP contribution in [-0.4, -0.2) is 30.5 Å². The first-order chi connectivity index (χ1) is 12.7. The Morgan fingerprint density at radius 1 is 0.923 bits per heavy atom. The van der Waals surface area contributed by atoms with Crippen LogP contribution in [0.15, 0.2) is 48.5 Å². The van der Waals surface area contributed by atoms with Gasteiger partial charge in [0.2, 0.25) is 11.8 Å².